The fourth-order valence-corrected chi connectivity index (χ4v) is 4.99. The summed E-state index contributed by atoms with van der Waals surface area (Å²) in [6, 6.07) is 7.70. The summed E-state index contributed by atoms with van der Waals surface area (Å²) in [5.41, 5.74) is 7.53. The Morgan fingerprint density at radius 1 is 1.30 bits per heavy atom. The van der Waals surface area contributed by atoms with Gasteiger partial charge in [-0.2, -0.15) is 0 Å². The van der Waals surface area contributed by atoms with Gasteiger partial charge in [-0.3, -0.25) is 4.79 Å². The van der Waals surface area contributed by atoms with Gasteiger partial charge in [0.1, 0.15) is 0 Å². The molecule has 3 fully saturated rings. The van der Waals surface area contributed by atoms with Crippen LogP contribution in [0.5, 0.6) is 0 Å². The van der Waals surface area contributed by atoms with Crippen LogP contribution in [0, 0.1) is 29.6 Å². The zero-order chi connectivity index (χ0) is 13.9. The highest BCUT2D eigenvalue weighted by Crippen LogP contribution is 2.69. The van der Waals surface area contributed by atoms with Gasteiger partial charge in [-0.15, -0.1) is 0 Å². The fraction of sp³-hybridized carbons (Fsp3) is 0.588. The van der Waals surface area contributed by atoms with Gasteiger partial charge in [0, 0.05) is 23.8 Å². The number of nitrogens with two attached hydrogens (primary N) is 1. The number of carbonyl (C=O) groups is 1. The summed E-state index contributed by atoms with van der Waals surface area (Å²) >= 11 is 0. The molecule has 0 aromatic heterocycles. The fourth-order valence-electron chi connectivity index (χ4n) is 4.99. The van der Waals surface area contributed by atoms with E-state index in [2.05, 4.69) is 0 Å². The van der Waals surface area contributed by atoms with Crippen LogP contribution in [0.15, 0.2) is 24.3 Å². The van der Waals surface area contributed by atoms with E-state index in [1.165, 1.54) is 19.3 Å². The predicted molar refractivity (Wildman–Crippen MR) is 80.2 cm³/mol. The second kappa shape index (κ2) is 4.24. The third-order valence-electron chi connectivity index (χ3n) is 5.78. The molecule has 1 aromatic carbocycles. The molecular formula is C17H22N2O. The minimum Gasteiger partial charge on any atom is -0.399 e. The van der Waals surface area contributed by atoms with Crippen molar-refractivity contribution in [1.29, 1.82) is 0 Å². The molecule has 3 nitrogen and oxygen atoms in total. The van der Waals surface area contributed by atoms with E-state index in [4.69, 9.17) is 5.73 Å². The minimum atomic E-state index is 0.308. The number of rotatable bonds is 3. The van der Waals surface area contributed by atoms with Crippen molar-refractivity contribution >= 4 is 17.3 Å². The number of nitrogen functional groups attached to an aromatic ring is 1. The lowest BCUT2D eigenvalue weighted by molar-refractivity contribution is -0.120. The molecule has 20 heavy (non-hydrogen) atoms. The quantitative estimate of drug-likeness (QED) is 0.858. The Kier molecular flexibility index (Phi) is 2.60. The number of carbonyl (C=O) groups excluding carboxylic acids is 1. The van der Waals surface area contributed by atoms with Gasteiger partial charge in [0.15, 0.2) is 0 Å². The summed E-state index contributed by atoms with van der Waals surface area (Å²) in [5, 5.41) is 0. The van der Waals surface area contributed by atoms with Crippen LogP contribution in [0.25, 0.3) is 0 Å². The molecule has 4 unspecified atom stereocenters. The van der Waals surface area contributed by atoms with Crippen LogP contribution in [0.2, 0.25) is 0 Å². The lowest BCUT2D eigenvalue weighted by atomic mass is 10.0. The second-order valence-electron chi connectivity index (χ2n) is 6.69. The largest absolute Gasteiger partial charge is 0.399 e. The van der Waals surface area contributed by atoms with E-state index in [0.717, 1.165) is 29.8 Å². The van der Waals surface area contributed by atoms with Gasteiger partial charge in [-0.1, -0.05) is 6.07 Å². The van der Waals surface area contributed by atoms with E-state index < -0.39 is 0 Å². The van der Waals surface area contributed by atoms with Crippen molar-refractivity contribution in [3.63, 3.8) is 0 Å². The summed E-state index contributed by atoms with van der Waals surface area (Å²) in [6.07, 6.45) is 4.11. The molecular weight excluding hydrogens is 248 g/mol. The van der Waals surface area contributed by atoms with E-state index in [-0.39, 0.29) is 0 Å². The van der Waals surface area contributed by atoms with E-state index >= 15 is 0 Å². The summed E-state index contributed by atoms with van der Waals surface area (Å²) in [7, 11) is 0. The molecule has 0 heterocycles. The molecule has 2 bridgehead atoms. The number of benzene rings is 1. The van der Waals surface area contributed by atoms with Gasteiger partial charge in [-0.25, -0.2) is 0 Å². The number of amides is 1. The van der Waals surface area contributed by atoms with Crippen LogP contribution in [-0.4, -0.2) is 12.5 Å². The Bertz CT molecular complexity index is 540. The monoisotopic (exact) mass is 270 g/mol. The van der Waals surface area contributed by atoms with E-state index in [9.17, 15) is 4.79 Å². The highest BCUT2D eigenvalue weighted by atomic mass is 16.2. The normalized spacial score (nSPS) is 36.8. The number of hydrogen-bond donors (Lipinski definition) is 1. The Morgan fingerprint density at radius 2 is 2.00 bits per heavy atom. The molecule has 106 valence electrons. The molecule has 0 radical (unpaired) electrons. The molecule has 2 N–H and O–H groups in total. The van der Waals surface area contributed by atoms with E-state index in [0.29, 0.717) is 23.7 Å². The van der Waals surface area contributed by atoms with Crippen LogP contribution >= 0.6 is 0 Å². The molecule has 3 aliphatic carbocycles. The van der Waals surface area contributed by atoms with Gasteiger partial charge < -0.3 is 10.6 Å². The van der Waals surface area contributed by atoms with Gasteiger partial charge >= 0.3 is 0 Å². The zero-order valence-corrected chi connectivity index (χ0v) is 12.0. The van der Waals surface area contributed by atoms with Gasteiger partial charge in [0.25, 0.3) is 0 Å². The van der Waals surface area contributed by atoms with Crippen molar-refractivity contribution in [2.45, 2.75) is 26.2 Å². The Labute approximate surface area is 120 Å². The molecule has 0 aliphatic heterocycles. The number of fused-ring (bicyclic) bond motifs is 5. The third-order valence-corrected chi connectivity index (χ3v) is 5.78. The van der Waals surface area contributed by atoms with Crippen LogP contribution in [0.4, 0.5) is 11.4 Å². The molecule has 3 heteroatoms. The predicted octanol–water partition coefficient (Wildman–Crippen LogP) is 2.91. The van der Waals surface area contributed by atoms with Crippen LogP contribution in [0.3, 0.4) is 0 Å². The Morgan fingerprint density at radius 3 is 2.60 bits per heavy atom. The third kappa shape index (κ3) is 1.62. The Hall–Kier alpha value is -1.51. The number of anilines is 2. The SMILES string of the molecule is CCN(C(=O)C1C2C3CCC(C3)C12)c1cccc(N)c1. The molecule has 1 aromatic rings. The summed E-state index contributed by atoms with van der Waals surface area (Å²) in [6.45, 7) is 2.78. The maximum absolute atomic E-state index is 12.9. The number of hydrogen-bond acceptors (Lipinski definition) is 2. The van der Waals surface area contributed by atoms with Crippen molar-refractivity contribution in [2.24, 2.45) is 29.6 Å². The van der Waals surface area contributed by atoms with Crippen LogP contribution in [0.1, 0.15) is 26.2 Å². The molecule has 0 spiro atoms. The molecule has 3 aliphatic rings. The summed E-state index contributed by atoms with van der Waals surface area (Å²) < 4.78 is 0. The molecule has 4 atom stereocenters. The Balaban J connectivity index is 1.56. The van der Waals surface area contributed by atoms with Gasteiger partial charge in [0.05, 0.1) is 0 Å². The van der Waals surface area contributed by atoms with Crippen molar-refractivity contribution in [3.05, 3.63) is 24.3 Å². The zero-order valence-electron chi connectivity index (χ0n) is 12.0. The summed E-state index contributed by atoms with van der Waals surface area (Å²) in [4.78, 5) is 14.8. The molecule has 3 saturated carbocycles. The second-order valence-corrected chi connectivity index (χ2v) is 6.69. The highest BCUT2D eigenvalue weighted by molar-refractivity contribution is 5.97. The lowest BCUT2D eigenvalue weighted by Crippen LogP contribution is -2.33. The minimum absolute atomic E-state index is 0.308. The molecule has 4 rings (SSSR count). The van der Waals surface area contributed by atoms with Crippen LogP contribution in [-0.2, 0) is 4.79 Å². The molecule has 1 amide bonds. The smallest absolute Gasteiger partial charge is 0.230 e. The first-order valence-electron chi connectivity index (χ1n) is 7.87. The van der Waals surface area contributed by atoms with Gasteiger partial charge in [-0.05, 0) is 68.1 Å². The standard InChI is InChI=1S/C17H22N2O/c1-2-19(13-5-3-4-12(18)9-13)17(20)16-14-10-6-7-11(8-10)15(14)16/h3-5,9-11,14-16H,2,6-8,18H2,1H3. The van der Waals surface area contributed by atoms with E-state index in [1.807, 2.05) is 36.1 Å². The van der Waals surface area contributed by atoms with Crippen molar-refractivity contribution < 1.29 is 4.79 Å². The first-order chi connectivity index (χ1) is 9.70. The van der Waals surface area contributed by atoms with Crippen molar-refractivity contribution in [3.8, 4) is 0 Å². The average Bonchev–Trinajstić information content (AvgIpc) is 2.88. The molecule has 0 saturated heterocycles. The topological polar surface area (TPSA) is 46.3 Å². The average molecular weight is 270 g/mol. The highest BCUT2D eigenvalue weighted by Gasteiger charge is 2.67. The first kappa shape index (κ1) is 12.2. The van der Waals surface area contributed by atoms with Gasteiger partial charge in [0.2, 0.25) is 5.91 Å². The maximum Gasteiger partial charge on any atom is 0.230 e. The van der Waals surface area contributed by atoms with Crippen LogP contribution < -0.4 is 10.6 Å². The van der Waals surface area contributed by atoms with Crippen molar-refractivity contribution in [1.82, 2.24) is 0 Å². The maximum atomic E-state index is 12.9. The van der Waals surface area contributed by atoms with E-state index in [1.54, 1.807) is 0 Å². The lowest BCUT2D eigenvalue weighted by Gasteiger charge is -2.23. The first-order valence-corrected chi connectivity index (χ1v) is 7.87. The number of nitrogens with zero attached hydrogens (tertiary/aromatic N) is 1. The summed E-state index contributed by atoms with van der Waals surface area (Å²) in [5.74, 6) is 3.75. The van der Waals surface area contributed by atoms with Crippen molar-refractivity contribution in [2.75, 3.05) is 17.2 Å².